The summed E-state index contributed by atoms with van der Waals surface area (Å²) in [5.74, 6) is 1.11. The SMILES string of the molecule is Cc1ccc(S(=O)(=O)NCCn2ccnc2-c2ncccn2)c(C)c1. The zero-order valence-electron chi connectivity index (χ0n) is 14.0. The van der Waals surface area contributed by atoms with Gasteiger partial charge in [-0.1, -0.05) is 17.7 Å². The van der Waals surface area contributed by atoms with Crippen molar-refractivity contribution in [2.45, 2.75) is 25.3 Å². The van der Waals surface area contributed by atoms with Crippen molar-refractivity contribution in [3.63, 3.8) is 0 Å². The Morgan fingerprint density at radius 3 is 2.56 bits per heavy atom. The minimum Gasteiger partial charge on any atom is -0.327 e. The average molecular weight is 357 g/mol. The number of nitrogens with one attached hydrogen (secondary N) is 1. The molecular weight excluding hydrogens is 338 g/mol. The molecule has 0 atom stereocenters. The van der Waals surface area contributed by atoms with Crippen molar-refractivity contribution >= 4 is 10.0 Å². The van der Waals surface area contributed by atoms with Gasteiger partial charge in [0.15, 0.2) is 11.6 Å². The Labute approximate surface area is 146 Å². The number of imidazole rings is 1. The standard InChI is InChI=1S/C17H19N5O2S/c1-13-4-5-15(14(2)12-13)25(23,24)21-9-11-22-10-8-20-17(22)16-18-6-3-7-19-16/h3-8,10,12,21H,9,11H2,1-2H3. The van der Waals surface area contributed by atoms with Crippen molar-refractivity contribution in [3.05, 3.63) is 60.2 Å². The molecule has 0 aliphatic heterocycles. The van der Waals surface area contributed by atoms with E-state index in [9.17, 15) is 8.42 Å². The predicted molar refractivity (Wildman–Crippen MR) is 94.4 cm³/mol. The maximum Gasteiger partial charge on any atom is 0.240 e. The van der Waals surface area contributed by atoms with Crippen molar-refractivity contribution in [2.75, 3.05) is 6.54 Å². The number of nitrogens with zero attached hydrogens (tertiary/aromatic N) is 4. The molecule has 1 aromatic carbocycles. The molecule has 2 aromatic heterocycles. The summed E-state index contributed by atoms with van der Waals surface area (Å²) in [4.78, 5) is 12.9. The molecule has 25 heavy (non-hydrogen) atoms. The van der Waals surface area contributed by atoms with Gasteiger partial charge < -0.3 is 4.57 Å². The second-order valence-corrected chi connectivity index (χ2v) is 7.42. The lowest BCUT2D eigenvalue weighted by Crippen LogP contribution is -2.28. The number of aromatic nitrogens is 4. The van der Waals surface area contributed by atoms with Crippen LogP contribution in [0.4, 0.5) is 0 Å². The van der Waals surface area contributed by atoms with E-state index in [4.69, 9.17) is 0 Å². The summed E-state index contributed by atoms with van der Waals surface area (Å²) in [6.45, 7) is 4.40. The van der Waals surface area contributed by atoms with Gasteiger partial charge in [-0.15, -0.1) is 0 Å². The molecule has 0 unspecified atom stereocenters. The van der Waals surface area contributed by atoms with Crippen LogP contribution in [0, 0.1) is 13.8 Å². The van der Waals surface area contributed by atoms with Crippen LogP contribution in [0.2, 0.25) is 0 Å². The van der Waals surface area contributed by atoms with E-state index in [0.29, 0.717) is 23.1 Å². The van der Waals surface area contributed by atoms with Gasteiger partial charge in [-0.3, -0.25) is 0 Å². The minimum atomic E-state index is -3.55. The van der Waals surface area contributed by atoms with E-state index in [1.54, 1.807) is 49.9 Å². The first kappa shape index (κ1) is 17.2. The molecule has 3 rings (SSSR count). The van der Waals surface area contributed by atoms with Crippen LogP contribution in [0.1, 0.15) is 11.1 Å². The molecule has 0 fully saturated rings. The topological polar surface area (TPSA) is 89.8 Å². The molecule has 0 amide bonds. The molecule has 1 N–H and O–H groups in total. The van der Waals surface area contributed by atoms with Crippen LogP contribution in [0.3, 0.4) is 0 Å². The van der Waals surface area contributed by atoms with Gasteiger partial charge in [-0.25, -0.2) is 28.1 Å². The summed E-state index contributed by atoms with van der Waals surface area (Å²) in [6, 6.07) is 7.01. The molecule has 130 valence electrons. The minimum absolute atomic E-state index is 0.242. The number of rotatable bonds is 6. The van der Waals surface area contributed by atoms with Crippen molar-refractivity contribution in [1.82, 2.24) is 24.2 Å². The zero-order valence-corrected chi connectivity index (χ0v) is 14.9. The lowest BCUT2D eigenvalue weighted by atomic mass is 10.2. The number of hydrogen-bond donors (Lipinski definition) is 1. The van der Waals surface area contributed by atoms with Crippen LogP contribution in [-0.2, 0) is 16.6 Å². The largest absolute Gasteiger partial charge is 0.327 e. The molecule has 3 aromatic rings. The summed E-state index contributed by atoms with van der Waals surface area (Å²) >= 11 is 0. The van der Waals surface area contributed by atoms with Gasteiger partial charge in [0.25, 0.3) is 0 Å². The van der Waals surface area contributed by atoms with Gasteiger partial charge in [0, 0.05) is 37.9 Å². The molecule has 2 heterocycles. The monoisotopic (exact) mass is 357 g/mol. The Balaban J connectivity index is 1.70. The van der Waals surface area contributed by atoms with E-state index < -0.39 is 10.0 Å². The molecule has 0 spiro atoms. The third-order valence-electron chi connectivity index (χ3n) is 3.75. The summed E-state index contributed by atoms with van der Waals surface area (Å²) in [5, 5.41) is 0. The first-order chi connectivity index (χ1) is 12.0. The van der Waals surface area contributed by atoms with Crippen LogP contribution in [0.5, 0.6) is 0 Å². The highest BCUT2D eigenvalue weighted by atomic mass is 32.2. The Morgan fingerprint density at radius 1 is 1.08 bits per heavy atom. The fraction of sp³-hybridized carbons (Fsp3) is 0.235. The quantitative estimate of drug-likeness (QED) is 0.728. The van der Waals surface area contributed by atoms with Gasteiger partial charge in [0.05, 0.1) is 4.90 Å². The number of benzene rings is 1. The highest BCUT2D eigenvalue weighted by Gasteiger charge is 2.16. The lowest BCUT2D eigenvalue weighted by molar-refractivity contribution is 0.572. The molecule has 0 radical (unpaired) electrons. The Kier molecular flexibility index (Phi) is 4.91. The van der Waals surface area contributed by atoms with Gasteiger partial charge in [0.2, 0.25) is 10.0 Å². The lowest BCUT2D eigenvalue weighted by Gasteiger charge is -2.11. The van der Waals surface area contributed by atoms with Crippen molar-refractivity contribution in [1.29, 1.82) is 0 Å². The number of sulfonamides is 1. The summed E-state index contributed by atoms with van der Waals surface area (Å²) in [7, 11) is -3.55. The van der Waals surface area contributed by atoms with E-state index in [1.165, 1.54) is 0 Å². The second kappa shape index (κ2) is 7.12. The first-order valence-electron chi connectivity index (χ1n) is 7.83. The Bertz CT molecular complexity index is 968. The van der Waals surface area contributed by atoms with E-state index in [0.717, 1.165) is 11.1 Å². The molecule has 0 saturated carbocycles. The zero-order chi connectivity index (χ0) is 17.9. The fourth-order valence-corrected chi connectivity index (χ4v) is 3.83. The smallest absolute Gasteiger partial charge is 0.240 e. The Morgan fingerprint density at radius 2 is 1.84 bits per heavy atom. The van der Waals surface area contributed by atoms with Crippen LogP contribution < -0.4 is 4.72 Å². The molecule has 0 bridgehead atoms. The van der Waals surface area contributed by atoms with E-state index in [-0.39, 0.29) is 6.54 Å². The summed E-state index contributed by atoms with van der Waals surface area (Å²) in [6.07, 6.45) is 6.70. The molecule has 0 saturated heterocycles. The highest BCUT2D eigenvalue weighted by molar-refractivity contribution is 7.89. The van der Waals surface area contributed by atoms with Gasteiger partial charge in [-0.2, -0.15) is 0 Å². The number of hydrogen-bond acceptors (Lipinski definition) is 5. The molecule has 0 aliphatic carbocycles. The van der Waals surface area contributed by atoms with Crippen LogP contribution in [0.25, 0.3) is 11.6 Å². The van der Waals surface area contributed by atoms with Gasteiger partial charge >= 0.3 is 0 Å². The third-order valence-corrected chi connectivity index (χ3v) is 5.37. The van der Waals surface area contributed by atoms with E-state index >= 15 is 0 Å². The van der Waals surface area contributed by atoms with E-state index in [1.807, 2.05) is 17.6 Å². The van der Waals surface area contributed by atoms with Crippen molar-refractivity contribution in [3.8, 4) is 11.6 Å². The third kappa shape index (κ3) is 3.92. The van der Waals surface area contributed by atoms with Crippen molar-refractivity contribution < 1.29 is 8.42 Å². The van der Waals surface area contributed by atoms with Crippen LogP contribution in [0.15, 0.2) is 53.9 Å². The fourth-order valence-electron chi connectivity index (χ4n) is 2.59. The highest BCUT2D eigenvalue weighted by Crippen LogP contribution is 2.16. The van der Waals surface area contributed by atoms with Crippen LogP contribution in [-0.4, -0.2) is 34.5 Å². The normalized spacial score (nSPS) is 11.6. The molecular formula is C17H19N5O2S. The Hall–Kier alpha value is -2.58. The molecule has 0 aliphatic rings. The molecule has 7 nitrogen and oxygen atoms in total. The first-order valence-corrected chi connectivity index (χ1v) is 9.31. The molecule has 8 heteroatoms. The summed E-state index contributed by atoms with van der Waals surface area (Å²) < 4.78 is 29.4. The van der Waals surface area contributed by atoms with Gasteiger partial charge in [0.1, 0.15) is 0 Å². The number of aryl methyl sites for hydroxylation is 2. The average Bonchev–Trinajstić information content (AvgIpc) is 3.03. The summed E-state index contributed by atoms with van der Waals surface area (Å²) in [5.41, 5.74) is 1.76. The van der Waals surface area contributed by atoms with Crippen molar-refractivity contribution in [2.24, 2.45) is 0 Å². The maximum absolute atomic E-state index is 12.5. The maximum atomic E-state index is 12.5. The predicted octanol–water partition coefficient (Wildman–Crippen LogP) is 1.94. The second-order valence-electron chi connectivity index (χ2n) is 5.68. The van der Waals surface area contributed by atoms with E-state index in [2.05, 4.69) is 19.7 Å². The van der Waals surface area contributed by atoms with Gasteiger partial charge in [-0.05, 0) is 31.5 Å². The van der Waals surface area contributed by atoms with Crippen LogP contribution >= 0.6 is 0 Å².